The molecule has 0 radical (unpaired) electrons. The zero-order valence-corrected chi connectivity index (χ0v) is 9.93. The first-order valence-electron chi connectivity index (χ1n) is 5.07. The monoisotopic (exact) mass is 250 g/mol. The lowest BCUT2D eigenvalue weighted by molar-refractivity contribution is -0.119. The maximum Gasteiger partial charge on any atom is 0.249 e. The Kier molecular flexibility index (Phi) is 3.39. The summed E-state index contributed by atoms with van der Waals surface area (Å²) in [5, 5.41) is 7.25. The topological polar surface area (TPSA) is 59.8 Å². The average molecular weight is 251 g/mol. The average Bonchev–Trinajstić information content (AvgIpc) is 2.81. The fourth-order valence-electron chi connectivity index (χ4n) is 1.35. The molecule has 2 aromatic rings. The third kappa shape index (κ3) is 2.82. The van der Waals surface area contributed by atoms with Crippen LogP contribution < -0.4 is 5.32 Å². The Hall–Kier alpha value is -1.88. The van der Waals surface area contributed by atoms with Crippen LogP contribution in [0.2, 0.25) is 5.02 Å². The lowest BCUT2D eigenvalue weighted by Crippen LogP contribution is -2.23. The molecule has 5 nitrogen and oxygen atoms in total. The molecule has 0 saturated heterocycles. The van der Waals surface area contributed by atoms with Crippen LogP contribution in [-0.2, 0) is 4.79 Å². The lowest BCUT2D eigenvalue weighted by atomic mass is 10.3. The molecule has 88 valence electrons. The minimum atomic E-state index is -0.420. The van der Waals surface area contributed by atoms with Crippen LogP contribution in [0.25, 0.3) is 0 Å². The first-order valence-corrected chi connectivity index (χ1v) is 5.45. The number of nitrogens with one attached hydrogen (secondary N) is 1. The van der Waals surface area contributed by atoms with Gasteiger partial charge in [-0.2, -0.15) is 5.10 Å². The number of hydrogen-bond acceptors (Lipinski definition) is 3. The Bertz CT molecular complexity index is 512. The SMILES string of the molecule is CC(C(=O)Nc1cccc(Cl)c1)n1cncn1. The van der Waals surface area contributed by atoms with Crippen LogP contribution in [-0.4, -0.2) is 20.7 Å². The number of hydrogen-bond donors (Lipinski definition) is 1. The molecule has 0 spiro atoms. The number of benzene rings is 1. The van der Waals surface area contributed by atoms with Crippen LogP contribution in [0.4, 0.5) is 5.69 Å². The molecule has 0 fully saturated rings. The molecule has 0 aliphatic carbocycles. The van der Waals surface area contributed by atoms with Crippen molar-refractivity contribution < 1.29 is 4.79 Å². The largest absolute Gasteiger partial charge is 0.324 e. The molecule has 1 N–H and O–H groups in total. The Balaban J connectivity index is 2.07. The van der Waals surface area contributed by atoms with Crippen LogP contribution >= 0.6 is 11.6 Å². The normalized spacial score (nSPS) is 12.1. The molecule has 6 heteroatoms. The second-order valence-corrected chi connectivity index (χ2v) is 3.99. The summed E-state index contributed by atoms with van der Waals surface area (Å²) < 4.78 is 1.49. The molecule has 0 saturated carbocycles. The van der Waals surface area contributed by atoms with Crippen molar-refractivity contribution in [3.63, 3.8) is 0 Å². The molecule has 0 bridgehead atoms. The van der Waals surface area contributed by atoms with E-state index < -0.39 is 6.04 Å². The van der Waals surface area contributed by atoms with Crippen molar-refractivity contribution >= 4 is 23.2 Å². The van der Waals surface area contributed by atoms with Gasteiger partial charge in [0.05, 0.1) is 0 Å². The summed E-state index contributed by atoms with van der Waals surface area (Å²) in [4.78, 5) is 15.7. The van der Waals surface area contributed by atoms with Gasteiger partial charge in [-0.25, -0.2) is 9.67 Å². The molecule has 1 heterocycles. The maximum absolute atomic E-state index is 11.9. The van der Waals surface area contributed by atoms with Gasteiger partial charge in [0, 0.05) is 10.7 Å². The minimum absolute atomic E-state index is 0.169. The fraction of sp³-hybridized carbons (Fsp3) is 0.182. The Labute approximate surface area is 103 Å². The molecule has 1 atom stereocenters. The summed E-state index contributed by atoms with van der Waals surface area (Å²) in [5.41, 5.74) is 0.662. The summed E-state index contributed by atoms with van der Waals surface area (Å²) in [6.07, 6.45) is 2.89. The predicted molar refractivity (Wildman–Crippen MR) is 64.8 cm³/mol. The molecule has 0 aliphatic rings. The van der Waals surface area contributed by atoms with E-state index in [4.69, 9.17) is 11.6 Å². The molecule has 17 heavy (non-hydrogen) atoms. The van der Waals surface area contributed by atoms with Crippen molar-refractivity contribution in [3.8, 4) is 0 Å². The lowest BCUT2D eigenvalue weighted by Gasteiger charge is -2.12. The van der Waals surface area contributed by atoms with E-state index in [1.165, 1.54) is 17.3 Å². The van der Waals surface area contributed by atoms with Crippen LogP contribution in [0.3, 0.4) is 0 Å². The molecule has 1 aromatic carbocycles. The number of rotatable bonds is 3. The van der Waals surface area contributed by atoms with Crippen LogP contribution in [0.1, 0.15) is 13.0 Å². The van der Waals surface area contributed by atoms with Gasteiger partial charge in [-0.3, -0.25) is 4.79 Å². The van der Waals surface area contributed by atoms with Gasteiger partial charge in [0.1, 0.15) is 18.7 Å². The van der Waals surface area contributed by atoms with Gasteiger partial charge in [-0.15, -0.1) is 0 Å². The molecule has 1 amide bonds. The zero-order valence-electron chi connectivity index (χ0n) is 9.17. The maximum atomic E-state index is 11.9. The number of halogens is 1. The molecule has 0 aliphatic heterocycles. The van der Waals surface area contributed by atoms with E-state index in [0.717, 1.165) is 0 Å². The van der Waals surface area contributed by atoms with Crippen LogP contribution in [0.15, 0.2) is 36.9 Å². The Morgan fingerprint density at radius 1 is 1.53 bits per heavy atom. The van der Waals surface area contributed by atoms with Gasteiger partial charge < -0.3 is 5.32 Å². The quantitative estimate of drug-likeness (QED) is 0.908. The highest BCUT2D eigenvalue weighted by molar-refractivity contribution is 6.30. The second-order valence-electron chi connectivity index (χ2n) is 3.55. The molecule has 2 rings (SSSR count). The standard InChI is InChI=1S/C11H11ClN4O/c1-8(16-7-13-6-14-16)11(17)15-10-4-2-3-9(12)5-10/h2-8H,1H3,(H,15,17). The highest BCUT2D eigenvalue weighted by Crippen LogP contribution is 2.16. The fourth-order valence-corrected chi connectivity index (χ4v) is 1.54. The van der Waals surface area contributed by atoms with Gasteiger partial charge in [0.15, 0.2) is 0 Å². The van der Waals surface area contributed by atoms with Gasteiger partial charge in [0.2, 0.25) is 5.91 Å². The number of anilines is 1. The summed E-state index contributed by atoms with van der Waals surface area (Å²) in [6.45, 7) is 1.74. The molecule has 1 unspecified atom stereocenters. The number of amides is 1. The number of aromatic nitrogens is 3. The van der Waals surface area contributed by atoms with E-state index >= 15 is 0 Å². The minimum Gasteiger partial charge on any atom is -0.324 e. The molecule has 1 aromatic heterocycles. The number of carbonyl (C=O) groups is 1. The van der Waals surface area contributed by atoms with Crippen molar-refractivity contribution in [1.29, 1.82) is 0 Å². The summed E-state index contributed by atoms with van der Waals surface area (Å²) in [6, 6.07) is 6.57. The summed E-state index contributed by atoms with van der Waals surface area (Å²) in [7, 11) is 0. The van der Waals surface area contributed by atoms with E-state index in [0.29, 0.717) is 10.7 Å². The third-order valence-corrected chi connectivity index (χ3v) is 2.54. The zero-order chi connectivity index (χ0) is 12.3. The van der Waals surface area contributed by atoms with Gasteiger partial charge in [0.25, 0.3) is 0 Å². The predicted octanol–water partition coefficient (Wildman–Crippen LogP) is 2.13. The van der Waals surface area contributed by atoms with E-state index in [9.17, 15) is 4.79 Å². The molecular weight excluding hydrogens is 240 g/mol. The van der Waals surface area contributed by atoms with Crippen molar-refractivity contribution in [1.82, 2.24) is 14.8 Å². The van der Waals surface area contributed by atoms with Crippen LogP contribution in [0.5, 0.6) is 0 Å². The van der Waals surface area contributed by atoms with E-state index in [1.54, 1.807) is 31.2 Å². The third-order valence-electron chi connectivity index (χ3n) is 2.31. The van der Waals surface area contributed by atoms with Crippen LogP contribution in [0, 0.1) is 0 Å². The number of nitrogens with zero attached hydrogens (tertiary/aromatic N) is 3. The highest BCUT2D eigenvalue weighted by Gasteiger charge is 2.15. The Morgan fingerprint density at radius 2 is 2.35 bits per heavy atom. The highest BCUT2D eigenvalue weighted by atomic mass is 35.5. The Morgan fingerprint density at radius 3 is 3.00 bits per heavy atom. The van der Waals surface area contributed by atoms with E-state index in [-0.39, 0.29) is 5.91 Å². The van der Waals surface area contributed by atoms with Gasteiger partial charge >= 0.3 is 0 Å². The van der Waals surface area contributed by atoms with Crippen molar-refractivity contribution in [2.45, 2.75) is 13.0 Å². The second kappa shape index (κ2) is 4.97. The summed E-state index contributed by atoms with van der Waals surface area (Å²) >= 11 is 5.83. The number of carbonyl (C=O) groups excluding carboxylic acids is 1. The van der Waals surface area contributed by atoms with E-state index in [1.807, 2.05) is 0 Å². The molecular formula is C11H11ClN4O. The van der Waals surface area contributed by atoms with E-state index in [2.05, 4.69) is 15.4 Å². The smallest absolute Gasteiger partial charge is 0.249 e. The summed E-state index contributed by atoms with van der Waals surface area (Å²) in [5.74, 6) is -0.169. The van der Waals surface area contributed by atoms with Gasteiger partial charge in [-0.1, -0.05) is 17.7 Å². The first kappa shape index (κ1) is 11.6. The van der Waals surface area contributed by atoms with Gasteiger partial charge in [-0.05, 0) is 25.1 Å². The van der Waals surface area contributed by atoms with Crippen molar-refractivity contribution in [3.05, 3.63) is 41.9 Å². The van der Waals surface area contributed by atoms with Crippen molar-refractivity contribution in [2.24, 2.45) is 0 Å². The first-order chi connectivity index (χ1) is 8.16. The van der Waals surface area contributed by atoms with Crippen molar-refractivity contribution in [2.75, 3.05) is 5.32 Å².